The maximum absolute atomic E-state index is 10.9. The maximum Gasteiger partial charge on any atom is 0.159 e. The van der Waals surface area contributed by atoms with Gasteiger partial charge in [-0.1, -0.05) is 0 Å². The zero-order valence-corrected chi connectivity index (χ0v) is 15.3. The van der Waals surface area contributed by atoms with Crippen molar-refractivity contribution in [2.24, 2.45) is 0 Å². The lowest BCUT2D eigenvalue weighted by Crippen LogP contribution is -2.08. The average Bonchev–Trinajstić information content (AvgIpc) is 2.55. The van der Waals surface area contributed by atoms with Crippen LogP contribution in [0, 0.1) is 0 Å². The first-order chi connectivity index (χ1) is 11.2. The van der Waals surface area contributed by atoms with E-state index < -0.39 is 0 Å². The standard InChI is InChI=1S/2C10H13NO/c2*1-8(12)9-4-6-10(7-5-9)11(2)3/h2*4-7H,1-3H3. The zero-order chi connectivity index (χ0) is 18.3. The normalized spacial score (nSPS) is 9.58. The highest BCUT2D eigenvalue weighted by Crippen LogP contribution is 2.13. The number of Topliss-reactive ketones (excluding diaryl/α,β-unsaturated/α-hetero) is 2. The molecule has 0 aromatic heterocycles. The Balaban J connectivity index is 0.000000240. The highest BCUT2D eigenvalue weighted by Gasteiger charge is 1.99. The Morgan fingerprint density at radius 1 is 0.583 bits per heavy atom. The van der Waals surface area contributed by atoms with Crippen molar-refractivity contribution in [2.45, 2.75) is 13.8 Å². The molecule has 0 atom stereocenters. The van der Waals surface area contributed by atoms with E-state index in [9.17, 15) is 9.59 Å². The fourth-order valence-corrected chi connectivity index (χ4v) is 1.99. The van der Waals surface area contributed by atoms with Crippen LogP contribution in [0.1, 0.15) is 34.6 Å². The van der Waals surface area contributed by atoms with E-state index in [1.165, 1.54) is 0 Å². The van der Waals surface area contributed by atoms with E-state index in [0.29, 0.717) is 0 Å². The highest BCUT2D eigenvalue weighted by molar-refractivity contribution is 5.94. The Kier molecular flexibility index (Phi) is 7.18. The molecule has 24 heavy (non-hydrogen) atoms. The zero-order valence-electron chi connectivity index (χ0n) is 15.3. The first-order valence-electron chi connectivity index (χ1n) is 7.79. The molecule has 0 saturated heterocycles. The summed E-state index contributed by atoms with van der Waals surface area (Å²) in [4.78, 5) is 25.8. The van der Waals surface area contributed by atoms with E-state index in [1.54, 1.807) is 13.8 Å². The van der Waals surface area contributed by atoms with E-state index in [0.717, 1.165) is 22.5 Å². The van der Waals surface area contributed by atoms with Gasteiger partial charge in [-0.25, -0.2) is 0 Å². The van der Waals surface area contributed by atoms with E-state index in [1.807, 2.05) is 86.5 Å². The van der Waals surface area contributed by atoms with Gasteiger partial charge in [0.05, 0.1) is 0 Å². The SMILES string of the molecule is CC(=O)c1ccc(N(C)C)cc1.CC(=O)c1ccc(N(C)C)cc1. The lowest BCUT2D eigenvalue weighted by molar-refractivity contribution is 0.100. The predicted molar refractivity (Wildman–Crippen MR) is 102 cm³/mol. The summed E-state index contributed by atoms with van der Waals surface area (Å²) < 4.78 is 0. The van der Waals surface area contributed by atoms with Crippen molar-refractivity contribution in [3.8, 4) is 0 Å². The van der Waals surface area contributed by atoms with Gasteiger partial charge in [0, 0.05) is 50.7 Å². The summed E-state index contributed by atoms with van der Waals surface area (Å²) >= 11 is 0. The van der Waals surface area contributed by atoms with Crippen LogP contribution in [0.5, 0.6) is 0 Å². The molecule has 4 heteroatoms. The number of carbonyl (C=O) groups is 2. The molecule has 2 aromatic carbocycles. The molecule has 0 amide bonds. The number of rotatable bonds is 4. The Hall–Kier alpha value is -2.62. The van der Waals surface area contributed by atoms with Crippen molar-refractivity contribution in [1.82, 2.24) is 0 Å². The Labute approximate surface area is 144 Å². The van der Waals surface area contributed by atoms with Gasteiger partial charge in [0.2, 0.25) is 0 Å². The molecule has 0 aliphatic carbocycles. The van der Waals surface area contributed by atoms with Crippen LogP contribution in [0.3, 0.4) is 0 Å². The molecule has 0 radical (unpaired) electrons. The summed E-state index contributed by atoms with van der Waals surface area (Å²) in [5, 5.41) is 0. The minimum atomic E-state index is 0.111. The molecule has 0 aliphatic heterocycles. The van der Waals surface area contributed by atoms with Crippen LogP contribution in [-0.4, -0.2) is 39.8 Å². The van der Waals surface area contributed by atoms with Gasteiger partial charge in [-0.05, 0) is 62.4 Å². The van der Waals surface area contributed by atoms with E-state index in [-0.39, 0.29) is 11.6 Å². The van der Waals surface area contributed by atoms with Crippen molar-refractivity contribution < 1.29 is 9.59 Å². The third-order valence-electron chi connectivity index (χ3n) is 3.58. The second-order valence-electron chi connectivity index (χ2n) is 5.99. The van der Waals surface area contributed by atoms with Crippen LogP contribution in [0.15, 0.2) is 48.5 Å². The summed E-state index contributed by atoms with van der Waals surface area (Å²) in [6.07, 6.45) is 0. The second-order valence-corrected chi connectivity index (χ2v) is 5.99. The fraction of sp³-hybridized carbons (Fsp3) is 0.300. The van der Waals surface area contributed by atoms with Gasteiger partial charge < -0.3 is 9.80 Å². The van der Waals surface area contributed by atoms with Gasteiger partial charge in [-0.3, -0.25) is 9.59 Å². The number of anilines is 2. The molecule has 0 spiro atoms. The first-order valence-corrected chi connectivity index (χ1v) is 7.79. The first kappa shape index (κ1) is 19.4. The summed E-state index contributed by atoms with van der Waals surface area (Å²) in [6.45, 7) is 3.15. The second kappa shape index (κ2) is 8.87. The van der Waals surface area contributed by atoms with Gasteiger partial charge in [0.15, 0.2) is 11.6 Å². The molecule has 0 bridgehead atoms. The van der Waals surface area contributed by atoms with Crippen molar-refractivity contribution in [2.75, 3.05) is 38.0 Å². The van der Waals surface area contributed by atoms with Crippen molar-refractivity contribution in [3.63, 3.8) is 0 Å². The van der Waals surface area contributed by atoms with Gasteiger partial charge >= 0.3 is 0 Å². The largest absolute Gasteiger partial charge is 0.378 e. The molecular formula is C20H26N2O2. The monoisotopic (exact) mass is 326 g/mol. The summed E-state index contributed by atoms with van der Waals surface area (Å²) in [7, 11) is 7.90. The molecule has 0 saturated carbocycles. The minimum absolute atomic E-state index is 0.111. The fourth-order valence-electron chi connectivity index (χ4n) is 1.99. The number of nitrogens with zero attached hydrogens (tertiary/aromatic N) is 2. The molecule has 0 aliphatic rings. The topological polar surface area (TPSA) is 40.6 Å². The van der Waals surface area contributed by atoms with Crippen LogP contribution in [-0.2, 0) is 0 Å². The number of carbonyl (C=O) groups excluding carboxylic acids is 2. The van der Waals surface area contributed by atoms with Crippen molar-refractivity contribution in [3.05, 3.63) is 59.7 Å². The van der Waals surface area contributed by atoms with Crippen LogP contribution in [0.25, 0.3) is 0 Å². The molecule has 4 nitrogen and oxygen atoms in total. The van der Waals surface area contributed by atoms with Crippen LogP contribution in [0.2, 0.25) is 0 Å². The molecule has 0 N–H and O–H groups in total. The summed E-state index contributed by atoms with van der Waals surface area (Å²) in [5.41, 5.74) is 3.75. The quantitative estimate of drug-likeness (QED) is 0.799. The molecule has 0 unspecified atom stereocenters. The molecule has 0 fully saturated rings. The average molecular weight is 326 g/mol. The van der Waals surface area contributed by atoms with Crippen LogP contribution in [0.4, 0.5) is 11.4 Å². The van der Waals surface area contributed by atoms with Crippen molar-refractivity contribution >= 4 is 22.9 Å². The highest BCUT2D eigenvalue weighted by atomic mass is 16.1. The Morgan fingerprint density at radius 2 is 0.833 bits per heavy atom. The van der Waals surface area contributed by atoms with Crippen LogP contribution < -0.4 is 9.80 Å². The summed E-state index contributed by atoms with van der Waals surface area (Å²) in [6, 6.07) is 15.1. The molecule has 0 heterocycles. The number of hydrogen-bond donors (Lipinski definition) is 0. The van der Waals surface area contributed by atoms with E-state index in [4.69, 9.17) is 0 Å². The molecular weight excluding hydrogens is 300 g/mol. The Morgan fingerprint density at radius 3 is 1.00 bits per heavy atom. The number of hydrogen-bond acceptors (Lipinski definition) is 4. The lowest BCUT2D eigenvalue weighted by atomic mass is 10.1. The van der Waals surface area contributed by atoms with E-state index >= 15 is 0 Å². The predicted octanol–water partition coefficient (Wildman–Crippen LogP) is 3.91. The number of benzene rings is 2. The summed E-state index contributed by atoms with van der Waals surface area (Å²) in [5.74, 6) is 0.223. The molecule has 2 rings (SSSR count). The smallest absolute Gasteiger partial charge is 0.159 e. The van der Waals surface area contributed by atoms with Gasteiger partial charge in [0.1, 0.15) is 0 Å². The van der Waals surface area contributed by atoms with Gasteiger partial charge in [-0.2, -0.15) is 0 Å². The molecule has 2 aromatic rings. The lowest BCUT2D eigenvalue weighted by Gasteiger charge is -2.11. The third kappa shape index (κ3) is 5.88. The molecule has 128 valence electrons. The Bertz CT molecular complexity index is 610. The number of ketones is 2. The minimum Gasteiger partial charge on any atom is -0.378 e. The van der Waals surface area contributed by atoms with Crippen molar-refractivity contribution in [1.29, 1.82) is 0 Å². The van der Waals surface area contributed by atoms with Gasteiger partial charge in [0.25, 0.3) is 0 Å². The third-order valence-corrected chi connectivity index (χ3v) is 3.58. The maximum atomic E-state index is 10.9. The van der Waals surface area contributed by atoms with Crippen LogP contribution >= 0.6 is 0 Å². The van der Waals surface area contributed by atoms with Gasteiger partial charge in [-0.15, -0.1) is 0 Å². The van der Waals surface area contributed by atoms with E-state index in [2.05, 4.69) is 0 Å².